The number of carbonyl (C=O) groups excluding carboxylic acids is 3. The number of esters is 2. The van der Waals surface area contributed by atoms with Crippen LogP contribution in [0, 0.1) is 0 Å². The molecule has 0 aliphatic carbocycles. The van der Waals surface area contributed by atoms with Crippen molar-refractivity contribution < 1.29 is 42.9 Å². The summed E-state index contributed by atoms with van der Waals surface area (Å²) in [7, 11) is 5.93. The van der Waals surface area contributed by atoms with Crippen LogP contribution in [0.15, 0.2) is 72.9 Å². The minimum atomic E-state index is -1.62. The summed E-state index contributed by atoms with van der Waals surface area (Å²) in [6.45, 7) is 4.67. The molecule has 0 aliphatic rings. The van der Waals surface area contributed by atoms with Crippen LogP contribution in [0.3, 0.4) is 0 Å². The van der Waals surface area contributed by atoms with Crippen LogP contribution in [0.25, 0.3) is 0 Å². The van der Waals surface area contributed by atoms with Gasteiger partial charge in [0.15, 0.2) is 12.4 Å². The van der Waals surface area contributed by atoms with Gasteiger partial charge in [0.1, 0.15) is 13.2 Å². The minimum Gasteiger partial charge on any atom is -0.545 e. The minimum absolute atomic E-state index is 0.147. The van der Waals surface area contributed by atoms with E-state index in [9.17, 15) is 19.5 Å². The summed E-state index contributed by atoms with van der Waals surface area (Å²) < 4.78 is 22.8. The SMILES string of the molecule is CC/C=C\C/C=C\C/C=C\C/C=C\C/C=C\C/C=C\CCCCCCCCCCCCCCC(=O)OC(COC(=O)CCCCCCCCCCCCCCCCCCCCCCCC)COC(OCC[N+](C)(C)C)C(=O)[O-]. The fraction of sp³-hybridized carbons (Fsp3) is 0.783. The number of nitrogens with zero attached hydrogens (tertiary/aromatic N) is 1. The van der Waals surface area contributed by atoms with Gasteiger partial charge < -0.3 is 33.3 Å². The van der Waals surface area contributed by atoms with E-state index in [1.807, 2.05) is 21.1 Å². The second-order valence-corrected chi connectivity index (χ2v) is 23.0. The summed E-state index contributed by atoms with van der Waals surface area (Å²) in [4.78, 5) is 37.4. The number of carboxylic acid groups (broad SMARTS) is 1. The number of allylic oxidation sites excluding steroid dienone is 12. The van der Waals surface area contributed by atoms with Crippen molar-refractivity contribution in [2.45, 2.75) is 302 Å². The maximum absolute atomic E-state index is 12.9. The van der Waals surface area contributed by atoms with E-state index in [0.717, 1.165) is 77.0 Å². The third-order valence-corrected chi connectivity index (χ3v) is 14.2. The van der Waals surface area contributed by atoms with Crippen molar-refractivity contribution >= 4 is 17.9 Å². The predicted molar refractivity (Wildman–Crippen MR) is 329 cm³/mol. The van der Waals surface area contributed by atoms with Gasteiger partial charge in [0.25, 0.3) is 0 Å². The Bertz CT molecular complexity index is 1510. The van der Waals surface area contributed by atoms with Crippen LogP contribution in [0.5, 0.6) is 0 Å². The van der Waals surface area contributed by atoms with Crippen molar-refractivity contribution in [2.75, 3.05) is 47.5 Å². The zero-order chi connectivity index (χ0) is 56.9. The Balaban J connectivity index is 4.16. The van der Waals surface area contributed by atoms with Gasteiger partial charge in [0.2, 0.25) is 0 Å². The summed E-state index contributed by atoms with van der Waals surface area (Å²) in [6, 6.07) is 0. The molecule has 2 atom stereocenters. The van der Waals surface area contributed by atoms with Crippen LogP contribution in [-0.4, -0.2) is 82.3 Å². The molecule has 0 heterocycles. The lowest BCUT2D eigenvalue weighted by Crippen LogP contribution is -2.44. The largest absolute Gasteiger partial charge is 0.545 e. The molecule has 0 amide bonds. The standard InChI is InChI=1S/C69H123NO8/c1-6-8-10-12-14-16-18-20-22-24-26-28-30-31-32-33-34-35-36-37-38-40-42-44-46-48-50-52-54-56-58-60-67(72)78-65(64-77-69(68(73)74)75-62-61-70(3,4)5)63-76-66(71)59-57-55-53-51-49-47-45-43-41-39-29-27-25-23-21-19-17-15-13-11-9-7-2/h8,10,14,16,20,22,26,28,31-32,34-35,65,69H,6-7,9,11-13,15,17-19,21,23-25,27,29-30,33,36-64H2,1-5H3/b10-8-,16-14-,22-20-,28-26-,32-31-,35-34-. The summed E-state index contributed by atoms with van der Waals surface area (Å²) >= 11 is 0. The van der Waals surface area contributed by atoms with Crippen LogP contribution >= 0.6 is 0 Å². The van der Waals surface area contributed by atoms with Crippen LogP contribution in [0.4, 0.5) is 0 Å². The molecule has 0 bridgehead atoms. The highest BCUT2D eigenvalue weighted by Crippen LogP contribution is 2.17. The van der Waals surface area contributed by atoms with Gasteiger partial charge >= 0.3 is 11.9 Å². The summed E-state index contributed by atoms with van der Waals surface area (Å²) in [5.41, 5.74) is 0. The Labute approximate surface area is 481 Å². The van der Waals surface area contributed by atoms with E-state index in [1.54, 1.807) is 0 Å². The van der Waals surface area contributed by atoms with Gasteiger partial charge in [-0.15, -0.1) is 0 Å². The summed E-state index contributed by atoms with van der Waals surface area (Å²) in [6.07, 6.45) is 75.3. The Kier molecular flexibility index (Phi) is 57.3. The molecular formula is C69H123NO8. The van der Waals surface area contributed by atoms with E-state index in [4.69, 9.17) is 18.9 Å². The number of ether oxygens (including phenoxy) is 4. The molecule has 0 aliphatic heterocycles. The highest BCUT2D eigenvalue weighted by atomic mass is 16.7. The average Bonchev–Trinajstić information content (AvgIpc) is 3.41. The van der Waals surface area contributed by atoms with E-state index in [2.05, 4.69) is 86.8 Å². The maximum Gasteiger partial charge on any atom is 0.306 e. The number of carbonyl (C=O) groups is 3. The topological polar surface area (TPSA) is 111 Å². The first kappa shape index (κ1) is 74.7. The number of unbranched alkanes of at least 4 members (excludes halogenated alkanes) is 33. The maximum atomic E-state index is 12.9. The van der Waals surface area contributed by atoms with E-state index < -0.39 is 24.3 Å². The first-order chi connectivity index (χ1) is 38.1. The molecule has 0 aromatic heterocycles. The van der Waals surface area contributed by atoms with Crippen molar-refractivity contribution in [1.29, 1.82) is 0 Å². The number of likely N-dealkylation sites (N-methyl/N-ethyl adjacent to an activating group) is 1. The first-order valence-electron chi connectivity index (χ1n) is 32.6. The quantitative estimate of drug-likeness (QED) is 0.0195. The summed E-state index contributed by atoms with van der Waals surface area (Å²) in [5.74, 6) is -2.27. The van der Waals surface area contributed by atoms with Crippen LogP contribution in [0.1, 0.15) is 290 Å². The molecule has 0 saturated heterocycles. The Morgan fingerprint density at radius 3 is 1.09 bits per heavy atom. The average molecular weight is 1090 g/mol. The lowest BCUT2D eigenvalue weighted by molar-refractivity contribution is -0.870. The van der Waals surface area contributed by atoms with Crippen molar-refractivity contribution in [1.82, 2.24) is 0 Å². The van der Waals surface area contributed by atoms with Gasteiger partial charge in [-0.1, -0.05) is 286 Å². The van der Waals surface area contributed by atoms with Crippen molar-refractivity contribution in [2.24, 2.45) is 0 Å². The smallest absolute Gasteiger partial charge is 0.306 e. The number of carboxylic acids is 1. The molecule has 0 N–H and O–H groups in total. The highest BCUT2D eigenvalue weighted by Gasteiger charge is 2.22. The molecule has 0 rings (SSSR count). The fourth-order valence-corrected chi connectivity index (χ4v) is 9.25. The molecule has 9 heteroatoms. The van der Waals surface area contributed by atoms with Gasteiger partial charge in [-0.25, -0.2) is 0 Å². The Morgan fingerprint density at radius 1 is 0.397 bits per heavy atom. The van der Waals surface area contributed by atoms with Crippen LogP contribution < -0.4 is 5.11 Å². The lowest BCUT2D eigenvalue weighted by Gasteiger charge is -2.26. The van der Waals surface area contributed by atoms with Gasteiger partial charge in [0.05, 0.1) is 40.3 Å². The molecule has 0 aromatic carbocycles. The Hall–Kier alpha value is -3.27. The van der Waals surface area contributed by atoms with Crippen LogP contribution in [-0.2, 0) is 33.3 Å². The molecule has 0 fully saturated rings. The summed E-state index contributed by atoms with van der Waals surface area (Å²) in [5, 5.41) is 11.8. The highest BCUT2D eigenvalue weighted by molar-refractivity contribution is 5.70. The van der Waals surface area contributed by atoms with Gasteiger partial charge in [-0.3, -0.25) is 9.59 Å². The molecular weight excluding hydrogens is 971 g/mol. The molecule has 452 valence electrons. The van der Waals surface area contributed by atoms with Crippen molar-refractivity contribution in [3.8, 4) is 0 Å². The number of rotatable bonds is 60. The van der Waals surface area contributed by atoms with Crippen molar-refractivity contribution in [3.05, 3.63) is 72.9 Å². The first-order valence-corrected chi connectivity index (χ1v) is 32.6. The number of hydrogen-bond acceptors (Lipinski definition) is 8. The second kappa shape index (κ2) is 59.8. The van der Waals surface area contributed by atoms with E-state index >= 15 is 0 Å². The number of quaternary nitrogens is 1. The van der Waals surface area contributed by atoms with Crippen LogP contribution in [0.2, 0.25) is 0 Å². The van der Waals surface area contributed by atoms with Gasteiger partial charge in [-0.05, 0) is 64.2 Å². The molecule has 0 aromatic rings. The van der Waals surface area contributed by atoms with E-state index in [-0.39, 0.29) is 32.2 Å². The third-order valence-electron chi connectivity index (χ3n) is 14.2. The predicted octanol–water partition coefficient (Wildman–Crippen LogP) is 18.4. The molecule has 0 radical (unpaired) electrons. The fourth-order valence-electron chi connectivity index (χ4n) is 9.25. The normalized spacial score (nSPS) is 13.2. The number of aliphatic carboxylic acids is 1. The van der Waals surface area contributed by atoms with E-state index in [0.29, 0.717) is 23.9 Å². The second-order valence-electron chi connectivity index (χ2n) is 23.0. The van der Waals surface area contributed by atoms with Gasteiger partial charge in [-0.2, -0.15) is 0 Å². The third kappa shape index (κ3) is 60.4. The molecule has 2 unspecified atom stereocenters. The van der Waals surface area contributed by atoms with Crippen molar-refractivity contribution in [3.63, 3.8) is 0 Å². The molecule has 0 spiro atoms. The molecule has 0 saturated carbocycles. The van der Waals surface area contributed by atoms with E-state index in [1.165, 1.54) is 180 Å². The molecule has 78 heavy (non-hydrogen) atoms. The zero-order valence-electron chi connectivity index (χ0n) is 51.5. The van der Waals surface area contributed by atoms with Gasteiger partial charge in [0, 0.05) is 12.8 Å². The monoisotopic (exact) mass is 1090 g/mol. The lowest BCUT2D eigenvalue weighted by atomic mass is 10.0. The Morgan fingerprint density at radius 2 is 0.731 bits per heavy atom. The number of hydrogen-bond donors (Lipinski definition) is 0. The molecule has 9 nitrogen and oxygen atoms in total. The zero-order valence-corrected chi connectivity index (χ0v) is 51.5.